The summed E-state index contributed by atoms with van der Waals surface area (Å²) in [6, 6.07) is 7.73. The van der Waals surface area contributed by atoms with Gasteiger partial charge < -0.3 is 9.64 Å². The molecule has 0 atom stereocenters. The zero-order valence-corrected chi connectivity index (χ0v) is 16.5. The van der Waals surface area contributed by atoms with Gasteiger partial charge in [0.15, 0.2) is 0 Å². The quantitative estimate of drug-likeness (QED) is 0.760. The highest BCUT2D eigenvalue weighted by Gasteiger charge is 2.28. The Labute approximate surface area is 156 Å². The maximum atomic E-state index is 13.2. The maximum absolute atomic E-state index is 13.2. The molecule has 0 saturated heterocycles. The van der Waals surface area contributed by atoms with Crippen molar-refractivity contribution in [3.63, 3.8) is 0 Å². The molecular weight excluding hydrogens is 333 g/mol. The van der Waals surface area contributed by atoms with Crippen molar-refractivity contribution in [2.24, 2.45) is 0 Å². The van der Waals surface area contributed by atoms with E-state index in [4.69, 9.17) is 4.74 Å². The molecule has 1 aliphatic carbocycles. The number of anilines is 1. The van der Waals surface area contributed by atoms with Crippen LogP contribution in [0.25, 0.3) is 0 Å². The number of rotatable bonds is 5. The van der Waals surface area contributed by atoms with E-state index in [0.717, 1.165) is 31.4 Å². The Bertz CT molecular complexity index is 576. The molecule has 0 spiro atoms. The number of benzene rings is 1. The number of carbonyl (C=O) groups is 1. The van der Waals surface area contributed by atoms with Crippen LogP contribution in [-0.2, 0) is 4.74 Å². The maximum Gasteiger partial charge on any atom is 0.422 e. The highest BCUT2D eigenvalue weighted by molar-refractivity contribution is 5.67. The summed E-state index contributed by atoms with van der Waals surface area (Å²) in [6.45, 7) is 9.85. The topological polar surface area (TPSA) is 53.6 Å². The predicted octanol–water partition coefficient (Wildman–Crippen LogP) is 4.38. The lowest BCUT2D eigenvalue weighted by atomic mass is 9.89. The van der Waals surface area contributed by atoms with Crippen LogP contribution in [0.3, 0.4) is 0 Å². The first-order chi connectivity index (χ1) is 12.2. The Kier molecular flexibility index (Phi) is 6.87. The number of nitrogens with one attached hydrogen (secondary N) is 2. The third kappa shape index (κ3) is 6.16. The molecule has 2 N–H and O–H groups in total. The van der Waals surface area contributed by atoms with Gasteiger partial charge in [-0.1, -0.05) is 0 Å². The van der Waals surface area contributed by atoms with Gasteiger partial charge in [-0.15, -0.1) is 0 Å². The Balaban J connectivity index is 1.86. The van der Waals surface area contributed by atoms with Gasteiger partial charge in [0.2, 0.25) is 0 Å². The molecule has 0 radical (unpaired) electrons. The summed E-state index contributed by atoms with van der Waals surface area (Å²) in [5.74, 6) is -0.210. The Hall–Kier alpha value is -1.82. The molecule has 1 aromatic rings. The van der Waals surface area contributed by atoms with Crippen molar-refractivity contribution in [2.45, 2.75) is 84.0 Å². The molecule has 26 heavy (non-hydrogen) atoms. The molecule has 2 rings (SSSR count). The second kappa shape index (κ2) is 8.71. The van der Waals surface area contributed by atoms with E-state index in [-0.39, 0.29) is 11.9 Å². The van der Waals surface area contributed by atoms with Crippen molar-refractivity contribution < 1.29 is 13.9 Å². The summed E-state index contributed by atoms with van der Waals surface area (Å²) in [7, 11) is 0. The highest BCUT2D eigenvalue weighted by atomic mass is 19.1. The monoisotopic (exact) mass is 365 g/mol. The van der Waals surface area contributed by atoms with E-state index in [9.17, 15) is 9.18 Å². The summed E-state index contributed by atoms with van der Waals surface area (Å²) < 4.78 is 18.5. The fourth-order valence-corrected chi connectivity index (χ4v) is 3.51. The van der Waals surface area contributed by atoms with Crippen LogP contribution in [0.4, 0.5) is 14.9 Å². The van der Waals surface area contributed by atoms with E-state index in [0.29, 0.717) is 12.1 Å². The van der Waals surface area contributed by atoms with Gasteiger partial charge >= 0.3 is 6.09 Å². The zero-order valence-electron chi connectivity index (χ0n) is 16.5. The minimum atomic E-state index is -0.504. The number of hydrazine groups is 1. The summed E-state index contributed by atoms with van der Waals surface area (Å²) in [6.07, 6.45) is 3.51. The van der Waals surface area contributed by atoms with Crippen molar-refractivity contribution in [3.05, 3.63) is 30.1 Å². The molecule has 0 aliphatic heterocycles. The van der Waals surface area contributed by atoms with Gasteiger partial charge in [0.25, 0.3) is 0 Å². The number of halogens is 1. The molecule has 146 valence electrons. The van der Waals surface area contributed by atoms with E-state index < -0.39 is 11.7 Å². The van der Waals surface area contributed by atoms with E-state index >= 15 is 0 Å². The Morgan fingerprint density at radius 2 is 1.73 bits per heavy atom. The first kappa shape index (κ1) is 20.5. The fraction of sp³-hybridized carbons (Fsp3) is 0.650. The van der Waals surface area contributed by atoms with Crippen molar-refractivity contribution in [3.8, 4) is 0 Å². The third-order valence-corrected chi connectivity index (χ3v) is 4.55. The first-order valence-corrected chi connectivity index (χ1v) is 9.44. The molecule has 0 unspecified atom stereocenters. The zero-order chi connectivity index (χ0) is 19.3. The lowest BCUT2D eigenvalue weighted by Crippen LogP contribution is -2.50. The summed E-state index contributed by atoms with van der Waals surface area (Å²) in [5, 5.41) is 0. The summed E-state index contributed by atoms with van der Waals surface area (Å²) in [5.41, 5.74) is 6.29. The van der Waals surface area contributed by atoms with E-state index in [2.05, 4.69) is 29.6 Å². The van der Waals surface area contributed by atoms with Gasteiger partial charge in [0, 0.05) is 23.8 Å². The lowest BCUT2D eigenvalue weighted by molar-refractivity contribution is 0.0481. The molecule has 5 nitrogen and oxygen atoms in total. The molecule has 1 saturated carbocycles. The number of hydrogen-bond donors (Lipinski definition) is 2. The molecule has 1 aromatic carbocycles. The van der Waals surface area contributed by atoms with Crippen LogP contribution in [0.1, 0.15) is 60.3 Å². The second-order valence-corrected chi connectivity index (χ2v) is 8.25. The van der Waals surface area contributed by atoms with Gasteiger partial charge in [-0.05, 0) is 84.6 Å². The average Bonchev–Trinajstić information content (AvgIpc) is 2.54. The predicted molar refractivity (Wildman–Crippen MR) is 103 cm³/mol. The van der Waals surface area contributed by atoms with Crippen LogP contribution in [-0.4, -0.2) is 29.8 Å². The van der Waals surface area contributed by atoms with Crippen molar-refractivity contribution in [2.75, 3.05) is 4.90 Å². The minimum Gasteiger partial charge on any atom is -0.443 e. The second-order valence-electron chi connectivity index (χ2n) is 8.25. The van der Waals surface area contributed by atoms with Crippen LogP contribution in [0.15, 0.2) is 24.3 Å². The minimum absolute atomic E-state index is 0.210. The largest absolute Gasteiger partial charge is 0.443 e. The van der Waals surface area contributed by atoms with Crippen LogP contribution in [0.2, 0.25) is 0 Å². The fourth-order valence-electron chi connectivity index (χ4n) is 3.51. The molecule has 6 heteroatoms. The molecule has 0 heterocycles. The number of amides is 1. The van der Waals surface area contributed by atoms with Crippen LogP contribution in [0, 0.1) is 5.82 Å². The van der Waals surface area contributed by atoms with Gasteiger partial charge in [-0.2, -0.15) is 0 Å². The third-order valence-electron chi connectivity index (χ3n) is 4.55. The smallest absolute Gasteiger partial charge is 0.422 e. The van der Waals surface area contributed by atoms with E-state index in [1.165, 1.54) is 12.1 Å². The van der Waals surface area contributed by atoms with Crippen molar-refractivity contribution >= 4 is 11.8 Å². The SMILES string of the molecule is CC(C)N(c1ccc(F)cc1)[C@H]1CC[C@H](NNC(=O)OC(C)(C)C)CC1. The van der Waals surface area contributed by atoms with Gasteiger partial charge in [0.1, 0.15) is 11.4 Å². The van der Waals surface area contributed by atoms with Gasteiger partial charge in [-0.25, -0.2) is 14.6 Å². The molecule has 1 amide bonds. The highest BCUT2D eigenvalue weighted by Crippen LogP contribution is 2.29. The number of nitrogens with zero attached hydrogens (tertiary/aromatic N) is 1. The first-order valence-electron chi connectivity index (χ1n) is 9.44. The van der Waals surface area contributed by atoms with Crippen molar-refractivity contribution in [1.82, 2.24) is 10.9 Å². The molecule has 0 aromatic heterocycles. The number of ether oxygens (including phenoxy) is 1. The number of carbonyl (C=O) groups excluding carboxylic acids is 1. The summed E-state index contributed by atoms with van der Waals surface area (Å²) >= 11 is 0. The molecule has 0 bridgehead atoms. The Morgan fingerprint density at radius 3 is 2.23 bits per heavy atom. The molecular formula is C20H32FN3O2. The molecule has 1 aliphatic rings. The van der Waals surface area contributed by atoms with Gasteiger partial charge in [0.05, 0.1) is 0 Å². The van der Waals surface area contributed by atoms with E-state index in [1.54, 1.807) is 0 Å². The van der Waals surface area contributed by atoms with Crippen molar-refractivity contribution in [1.29, 1.82) is 0 Å². The van der Waals surface area contributed by atoms with Crippen LogP contribution < -0.4 is 15.8 Å². The van der Waals surface area contributed by atoms with E-state index in [1.807, 2.05) is 32.9 Å². The summed E-state index contributed by atoms with van der Waals surface area (Å²) in [4.78, 5) is 14.1. The average molecular weight is 365 g/mol. The molecule has 1 fully saturated rings. The Morgan fingerprint density at radius 1 is 1.15 bits per heavy atom. The number of hydrogen-bond acceptors (Lipinski definition) is 4. The van der Waals surface area contributed by atoms with Gasteiger partial charge in [-0.3, -0.25) is 5.43 Å². The normalized spacial score (nSPS) is 20.7. The van der Waals surface area contributed by atoms with Crippen LogP contribution >= 0.6 is 0 Å². The lowest BCUT2D eigenvalue weighted by Gasteiger charge is -2.41. The standard InChI is InChI=1S/C20H32FN3O2/c1-14(2)24(17-10-6-15(21)7-11-17)18-12-8-16(9-13-18)22-23-19(25)26-20(3,4)5/h6-7,10-11,14,16,18,22H,8-9,12-13H2,1-5H3,(H,23,25)/t16-,18-. The van der Waals surface area contributed by atoms with Crippen LogP contribution in [0.5, 0.6) is 0 Å².